The molecule has 4 atom stereocenters. The normalized spacial score (nSPS) is 22.0. The predicted octanol–water partition coefficient (Wildman–Crippen LogP) is 6.18. The fourth-order valence-corrected chi connectivity index (χ4v) is 6.17. The van der Waals surface area contributed by atoms with Gasteiger partial charge in [0.15, 0.2) is 11.5 Å². The van der Waals surface area contributed by atoms with E-state index in [9.17, 15) is 19.5 Å². The molecule has 42 heavy (non-hydrogen) atoms. The lowest BCUT2D eigenvalue weighted by Gasteiger charge is -2.44. The van der Waals surface area contributed by atoms with Crippen molar-refractivity contribution in [2.24, 2.45) is 11.8 Å². The Morgan fingerprint density at radius 2 is 1.52 bits per heavy atom. The number of carbonyl (C=O) groups excluding carboxylic acids is 3. The average molecular weight is 638 g/mol. The number of benzene rings is 3. The van der Waals surface area contributed by atoms with Crippen LogP contribution in [0.3, 0.4) is 0 Å². The van der Waals surface area contributed by atoms with Crippen molar-refractivity contribution in [1.29, 1.82) is 0 Å². The fourth-order valence-electron chi connectivity index (χ4n) is 5.62. The van der Waals surface area contributed by atoms with Crippen LogP contribution in [0.4, 0.5) is 11.4 Å². The standard InChI is InChI=1S/C33H37BrN2O6/c1-18(2)42-30-22(34)15-21(16-26(30)41-6)27-28(31(38)35-23-13-9-7-11-19(23)3)25(37)17-33(5,40)29(27)32(39)36-24-14-10-8-12-20(24)4/h7-16,18,27-29,40H,17H2,1-6H3,(H,35,38)(H,36,39). The van der Waals surface area contributed by atoms with E-state index in [0.29, 0.717) is 32.9 Å². The van der Waals surface area contributed by atoms with Crippen molar-refractivity contribution in [1.82, 2.24) is 0 Å². The van der Waals surface area contributed by atoms with Crippen LogP contribution in [0, 0.1) is 25.7 Å². The Hall–Kier alpha value is -3.69. The molecule has 3 aromatic carbocycles. The van der Waals surface area contributed by atoms with Gasteiger partial charge in [0.2, 0.25) is 11.8 Å². The molecule has 8 nitrogen and oxygen atoms in total. The average Bonchev–Trinajstić information content (AvgIpc) is 2.91. The van der Waals surface area contributed by atoms with Gasteiger partial charge in [-0.05, 0) is 91.5 Å². The zero-order valence-electron chi connectivity index (χ0n) is 24.7. The van der Waals surface area contributed by atoms with Crippen LogP contribution in [-0.2, 0) is 14.4 Å². The third-order valence-electron chi connectivity index (χ3n) is 7.63. The second kappa shape index (κ2) is 12.7. The number of hydrogen-bond donors (Lipinski definition) is 3. The Balaban J connectivity index is 1.88. The second-order valence-corrected chi connectivity index (χ2v) is 12.1. The van der Waals surface area contributed by atoms with Crippen LogP contribution >= 0.6 is 15.9 Å². The summed E-state index contributed by atoms with van der Waals surface area (Å²) < 4.78 is 12.1. The van der Waals surface area contributed by atoms with Gasteiger partial charge in [0.05, 0.1) is 29.2 Å². The number of aryl methyl sites for hydroxylation is 2. The van der Waals surface area contributed by atoms with Crippen molar-refractivity contribution in [2.45, 2.75) is 58.7 Å². The number of Topliss-reactive ketones (excluding diaryl/α,β-unsaturated/α-hetero) is 1. The lowest BCUT2D eigenvalue weighted by Crippen LogP contribution is -2.56. The van der Waals surface area contributed by atoms with E-state index >= 15 is 0 Å². The van der Waals surface area contributed by atoms with Gasteiger partial charge in [-0.25, -0.2) is 0 Å². The van der Waals surface area contributed by atoms with E-state index in [0.717, 1.165) is 11.1 Å². The third-order valence-corrected chi connectivity index (χ3v) is 8.22. The first kappa shape index (κ1) is 31.3. The number of methoxy groups -OCH3 is 1. The first-order chi connectivity index (χ1) is 19.8. The number of anilines is 2. The summed E-state index contributed by atoms with van der Waals surface area (Å²) in [4.78, 5) is 41.7. The van der Waals surface area contributed by atoms with Gasteiger partial charge in [-0.3, -0.25) is 14.4 Å². The summed E-state index contributed by atoms with van der Waals surface area (Å²) >= 11 is 3.56. The highest BCUT2D eigenvalue weighted by Gasteiger charge is 2.56. The molecule has 0 radical (unpaired) electrons. The minimum absolute atomic E-state index is 0.154. The van der Waals surface area contributed by atoms with E-state index in [1.165, 1.54) is 14.0 Å². The predicted molar refractivity (Wildman–Crippen MR) is 166 cm³/mol. The monoisotopic (exact) mass is 636 g/mol. The molecule has 0 bridgehead atoms. The Bertz CT molecular complexity index is 1500. The summed E-state index contributed by atoms with van der Waals surface area (Å²) in [6.07, 6.45) is -0.521. The van der Waals surface area contributed by atoms with Crippen LogP contribution in [-0.4, -0.2) is 41.5 Å². The van der Waals surface area contributed by atoms with Crippen LogP contribution in [0.25, 0.3) is 0 Å². The molecule has 1 fully saturated rings. The minimum atomic E-state index is -1.75. The van der Waals surface area contributed by atoms with Gasteiger partial charge in [-0.2, -0.15) is 0 Å². The lowest BCUT2D eigenvalue weighted by atomic mass is 9.61. The van der Waals surface area contributed by atoms with Crippen molar-refractivity contribution in [3.8, 4) is 11.5 Å². The molecule has 3 aromatic rings. The number of ketones is 1. The maximum atomic E-state index is 14.1. The van der Waals surface area contributed by atoms with Crippen molar-refractivity contribution in [2.75, 3.05) is 17.7 Å². The van der Waals surface area contributed by atoms with E-state index < -0.39 is 41.0 Å². The third kappa shape index (κ3) is 6.52. The van der Waals surface area contributed by atoms with Crippen molar-refractivity contribution in [3.05, 3.63) is 81.8 Å². The molecule has 4 unspecified atom stereocenters. The number of hydrogen-bond acceptors (Lipinski definition) is 6. The van der Waals surface area contributed by atoms with E-state index in [1.54, 1.807) is 36.4 Å². The van der Waals surface area contributed by atoms with E-state index in [2.05, 4.69) is 26.6 Å². The van der Waals surface area contributed by atoms with Crippen LogP contribution in [0.5, 0.6) is 11.5 Å². The molecule has 2 amide bonds. The quantitative estimate of drug-likeness (QED) is 0.255. The number of ether oxygens (including phenoxy) is 2. The Morgan fingerprint density at radius 3 is 2.05 bits per heavy atom. The van der Waals surface area contributed by atoms with Gasteiger partial charge in [0.25, 0.3) is 0 Å². The molecule has 1 saturated carbocycles. The maximum Gasteiger partial charge on any atom is 0.235 e. The number of nitrogens with one attached hydrogen (secondary N) is 2. The number of aliphatic hydroxyl groups is 1. The molecule has 3 N–H and O–H groups in total. The number of rotatable bonds is 8. The lowest BCUT2D eigenvalue weighted by molar-refractivity contribution is -0.150. The molecule has 0 saturated heterocycles. The Kier molecular flexibility index (Phi) is 9.43. The molecule has 0 aromatic heterocycles. The largest absolute Gasteiger partial charge is 0.493 e. The molecule has 0 aliphatic heterocycles. The van der Waals surface area contributed by atoms with Gasteiger partial charge < -0.3 is 25.2 Å². The van der Waals surface area contributed by atoms with Gasteiger partial charge >= 0.3 is 0 Å². The smallest absolute Gasteiger partial charge is 0.235 e. The summed E-state index contributed by atoms with van der Waals surface area (Å²) in [6, 6.07) is 17.9. The van der Waals surface area contributed by atoms with Crippen molar-refractivity contribution < 1.29 is 29.0 Å². The zero-order chi connectivity index (χ0) is 30.8. The number of amides is 2. The summed E-state index contributed by atoms with van der Waals surface area (Å²) in [5, 5.41) is 17.5. The fraction of sp³-hybridized carbons (Fsp3) is 0.364. The molecular formula is C33H37BrN2O6. The highest BCUT2D eigenvalue weighted by Crippen LogP contribution is 2.49. The van der Waals surface area contributed by atoms with Gasteiger partial charge in [0.1, 0.15) is 11.7 Å². The van der Waals surface area contributed by atoms with Crippen molar-refractivity contribution in [3.63, 3.8) is 0 Å². The van der Waals surface area contributed by atoms with E-state index in [1.807, 2.05) is 52.0 Å². The Morgan fingerprint density at radius 1 is 0.976 bits per heavy atom. The molecular weight excluding hydrogens is 600 g/mol. The van der Waals surface area contributed by atoms with Crippen LogP contribution < -0.4 is 20.1 Å². The highest BCUT2D eigenvalue weighted by molar-refractivity contribution is 9.10. The SMILES string of the molecule is COc1cc(C2C(C(=O)Nc3ccccc3C)C(=O)CC(C)(O)C2C(=O)Nc2ccccc2C)cc(Br)c1OC(C)C. The first-order valence-electron chi connectivity index (χ1n) is 13.9. The van der Waals surface area contributed by atoms with Gasteiger partial charge in [0, 0.05) is 23.7 Å². The second-order valence-electron chi connectivity index (χ2n) is 11.3. The minimum Gasteiger partial charge on any atom is -0.493 e. The summed E-state index contributed by atoms with van der Waals surface area (Å²) in [5.41, 5.74) is 1.52. The highest BCUT2D eigenvalue weighted by atomic mass is 79.9. The maximum absolute atomic E-state index is 14.1. The number of carbonyl (C=O) groups is 3. The first-order valence-corrected chi connectivity index (χ1v) is 14.7. The van der Waals surface area contributed by atoms with Crippen LogP contribution in [0.15, 0.2) is 65.1 Å². The number of para-hydroxylation sites is 2. The molecule has 0 spiro atoms. The van der Waals surface area contributed by atoms with Crippen LogP contribution in [0.1, 0.15) is 49.8 Å². The Labute approximate surface area is 254 Å². The zero-order valence-corrected chi connectivity index (χ0v) is 26.2. The number of halogens is 1. The topological polar surface area (TPSA) is 114 Å². The summed E-state index contributed by atoms with van der Waals surface area (Å²) in [6.45, 7) is 8.96. The molecule has 0 heterocycles. The van der Waals surface area contributed by atoms with E-state index in [4.69, 9.17) is 9.47 Å². The molecule has 1 aliphatic carbocycles. The summed E-state index contributed by atoms with van der Waals surface area (Å²) in [7, 11) is 1.49. The van der Waals surface area contributed by atoms with E-state index in [-0.39, 0.29) is 12.5 Å². The molecule has 1 aliphatic rings. The van der Waals surface area contributed by atoms with Gasteiger partial charge in [-0.1, -0.05) is 36.4 Å². The molecule has 222 valence electrons. The summed E-state index contributed by atoms with van der Waals surface area (Å²) in [5.74, 6) is -4.18. The molecule has 4 rings (SSSR count). The van der Waals surface area contributed by atoms with Crippen molar-refractivity contribution >= 4 is 44.9 Å². The van der Waals surface area contributed by atoms with Crippen LogP contribution in [0.2, 0.25) is 0 Å². The molecule has 9 heteroatoms. The van der Waals surface area contributed by atoms with Gasteiger partial charge in [-0.15, -0.1) is 0 Å².